The molecule has 0 spiro atoms. The van der Waals surface area contributed by atoms with Crippen LogP contribution in [0.15, 0.2) is 206 Å². The van der Waals surface area contributed by atoms with E-state index in [1.807, 2.05) is 22.7 Å². The zero-order chi connectivity index (χ0) is 39.3. The van der Waals surface area contributed by atoms with Crippen molar-refractivity contribution < 1.29 is 0 Å². The summed E-state index contributed by atoms with van der Waals surface area (Å²) in [5.74, 6) is 0. The number of nitrogens with zero attached hydrogens (tertiary/aromatic N) is 2. The molecule has 0 bridgehead atoms. The van der Waals surface area contributed by atoms with Crippen LogP contribution in [0.2, 0.25) is 0 Å². The van der Waals surface area contributed by atoms with Gasteiger partial charge in [0, 0.05) is 84.6 Å². The maximum Gasteiger partial charge on any atom is 0.0546 e. The molecule has 2 heterocycles. The van der Waals surface area contributed by atoms with E-state index in [1.54, 1.807) is 0 Å². The van der Waals surface area contributed by atoms with Crippen LogP contribution >= 0.6 is 22.7 Å². The molecule has 13 aromatic rings. The molecule has 2 nitrogen and oxygen atoms in total. The summed E-state index contributed by atoms with van der Waals surface area (Å²) >= 11 is 3.73. The molecule has 280 valence electrons. The lowest BCUT2D eigenvalue weighted by atomic mass is 9.87. The Morgan fingerprint density at radius 1 is 0.250 bits per heavy atom. The molecule has 4 heteroatoms. The lowest BCUT2D eigenvalue weighted by molar-refractivity contribution is 1.30. The fourth-order valence-electron chi connectivity index (χ4n) is 9.77. The van der Waals surface area contributed by atoms with Crippen LogP contribution in [-0.4, -0.2) is 0 Å². The van der Waals surface area contributed by atoms with E-state index in [1.165, 1.54) is 89.1 Å². The smallest absolute Gasteiger partial charge is 0.0546 e. The monoisotopic (exact) mass is 798 g/mol. The minimum absolute atomic E-state index is 1.13. The molecule has 0 N–H and O–H groups in total. The van der Waals surface area contributed by atoms with Crippen LogP contribution in [0.25, 0.3) is 83.4 Å². The molecule has 60 heavy (non-hydrogen) atoms. The number of hydrogen-bond donors (Lipinski definition) is 0. The van der Waals surface area contributed by atoms with Gasteiger partial charge in [0.05, 0.1) is 11.4 Å². The van der Waals surface area contributed by atoms with Crippen molar-refractivity contribution in [3.63, 3.8) is 0 Å². The standard InChI is InChI=1S/C56H34N2S2/c1-3-13-36(14-4-1)57(38-25-28-43-41-18-9-11-21-50(41)59-52(43)33-38)48-32-30-46-40-17-7-8-20-45(40)56-49(31-24-35-23-27-47(48)55(46)54(35)56)58(37-15-5-2-6-16-37)39-26-29-44-42-19-10-12-22-51(42)60-53(44)34-39/h1-34H. The third-order valence-corrected chi connectivity index (χ3v) is 14.6. The molecule has 0 amide bonds. The Balaban J connectivity index is 1.10. The van der Waals surface area contributed by atoms with Crippen molar-refractivity contribution >= 4 is 140 Å². The van der Waals surface area contributed by atoms with Crippen molar-refractivity contribution in [2.24, 2.45) is 0 Å². The van der Waals surface area contributed by atoms with Gasteiger partial charge in [-0.05, 0) is 94.3 Å². The minimum Gasteiger partial charge on any atom is -0.310 e. The highest BCUT2D eigenvalue weighted by Gasteiger charge is 2.25. The minimum atomic E-state index is 1.13. The van der Waals surface area contributed by atoms with E-state index in [0.717, 1.165) is 28.4 Å². The summed E-state index contributed by atoms with van der Waals surface area (Å²) < 4.78 is 5.21. The van der Waals surface area contributed by atoms with Crippen molar-refractivity contribution in [1.29, 1.82) is 0 Å². The van der Waals surface area contributed by atoms with E-state index in [-0.39, 0.29) is 0 Å². The maximum atomic E-state index is 2.47. The van der Waals surface area contributed by atoms with Crippen molar-refractivity contribution in [3.8, 4) is 0 Å². The lowest BCUT2D eigenvalue weighted by Crippen LogP contribution is -2.11. The van der Waals surface area contributed by atoms with E-state index in [4.69, 9.17) is 0 Å². The molecular formula is C56H34N2S2. The van der Waals surface area contributed by atoms with Gasteiger partial charge in [0.15, 0.2) is 0 Å². The Bertz CT molecular complexity index is 3790. The Labute approximate surface area is 354 Å². The topological polar surface area (TPSA) is 6.48 Å². The molecule has 11 aromatic carbocycles. The predicted molar refractivity (Wildman–Crippen MR) is 263 cm³/mol. The predicted octanol–water partition coefficient (Wildman–Crippen LogP) is 17.4. The molecule has 0 saturated heterocycles. The molecule has 0 aliphatic heterocycles. The largest absolute Gasteiger partial charge is 0.310 e. The first kappa shape index (κ1) is 33.7. The fourth-order valence-corrected chi connectivity index (χ4v) is 12.0. The van der Waals surface area contributed by atoms with Gasteiger partial charge in [0.1, 0.15) is 0 Å². The van der Waals surface area contributed by atoms with Gasteiger partial charge in [0.2, 0.25) is 0 Å². The zero-order valence-electron chi connectivity index (χ0n) is 32.3. The first-order valence-electron chi connectivity index (χ1n) is 20.4. The molecule has 2 aromatic heterocycles. The van der Waals surface area contributed by atoms with Gasteiger partial charge in [-0.25, -0.2) is 0 Å². The van der Waals surface area contributed by atoms with Crippen molar-refractivity contribution in [2.75, 3.05) is 9.80 Å². The molecular weight excluding hydrogens is 765 g/mol. The average Bonchev–Trinajstić information content (AvgIpc) is 3.87. The van der Waals surface area contributed by atoms with Crippen LogP contribution in [0.3, 0.4) is 0 Å². The summed E-state index contributed by atoms with van der Waals surface area (Å²) in [7, 11) is 0. The maximum absolute atomic E-state index is 2.47. The normalized spacial score (nSPS) is 12.0. The molecule has 13 rings (SSSR count). The summed E-state index contributed by atoms with van der Waals surface area (Å²) in [6.07, 6.45) is 0. The highest BCUT2D eigenvalue weighted by molar-refractivity contribution is 7.26. The number of anilines is 6. The van der Waals surface area contributed by atoms with Crippen LogP contribution in [0.4, 0.5) is 34.1 Å². The molecule has 0 radical (unpaired) electrons. The first-order valence-corrected chi connectivity index (χ1v) is 22.1. The molecule has 0 aliphatic rings. The van der Waals surface area contributed by atoms with Crippen LogP contribution in [0.1, 0.15) is 0 Å². The van der Waals surface area contributed by atoms with E-state index in [9.17, 15) is 0 Å². The number of benzene rings is 11. The number of rotatable bonds is 6. The van der Waals surface area contributed by atoms with Crippen molar-refractivity contribution in [1.82, 2.24) is 0 Å². The summed E-state index contributed by atoms with van der Waals surface area (Å²) in [5, 5.41) is 15.3. The highest BCUT2D eigenvalue weighted by atomic mass is 32.1. The second-order valence-corrected chi connectivity index (χ2v) is 17.8. The number of fused-ring (bicyclic) bond motifs is 9. The molecule has 0 fully saturated rings. The van der Waals surface area contributed by atoms with Crippen LogP contribution in [-0.2, 0) is 0 Å². The summed E-state index contributed by atoms with van der Waals surface area (Å²) in [6, 6.07) is 76.3. The van der Waals surface area contributed by atoms with Gasteiger partial charge < -0.3 is 9.80 Å². The molecule has 0 saturated carbocycles. The third kappa shape index (κ3) is 4.99. The van der Waals surface area contributed by atoms with Crippen molar-refractivity contribution in [2.45, 2.75) is 0 Å². The van der Waals surface area contributed by atoms with Gasteiger partial charge in [0.25, 0.3) is 0 Å². The number of hydrogen-bond acceptors (Lipinski definition) is 4. The average molecular weight is 799 g/mol. The van der Waals surface area contributed by atoms with E-state index in [0.29, 0.717) is 0 Å². The number of thiophene rings is 2. The summed E-state index contributed by atoms with van der Waals surface area (Å²) in [4.78, 5) is 4.93. The number of para-hydroxylation sites is 2. The van der Waals surface area contributed by atoms with E-state index >= 15 is 0 Å². The zero-order valence-corrected chi connectivity index (χ0v) is 34.0. The van der Waals surface area contributed by atoms with Gasteiger partial charge >= 0.3 is 0 Å². The Hall–Kier alpha value is -7.24. The van der Waals surface area contributed by atoms with Crippen molar-refractivity contribution in [3.05, 3.63) is 206 Å². The Morgan fingerprint density at radius 3 is 1.30 bits per heavy atom. The van der Waals surface area contributed by atoms with Gasteiger partial charge in [-0.2, -0.15) is 0 Å². The lowest BCUT2D eigenvalue weighted by Gasteiger charge is -2.30. The van der Waals surface area contributed by atoms with Gasteiger partial charge in [-0.15, -0.1) is 22.7 Å². The molecule has 0 aliphatic carbocycles. The van der Waals surface area contributed by atoms with Crippen LogP contribution < -0.4 is 9.80 Å². The Kier molecular flexibility index (Phi) is 7.38. The van der Waals surface area contributed by atoms with E-state index < -0.39 is 0 Å². The third-order valence-electron chi connectivity index (χ3n) is 12.4. The Morgan fingerprint density at radius 2 is 0.683 bits per heavy atom. The first-order chi connectivity index (χ1) is 29.8. The SMILES string of the molecule is c1ccc(N(c2ccc3c(c2)sc2ccccc23)c2ccc3c4ccccc4c4c(N(c5ccccc5)c5ccc6c(c5)sc5ccccc56)ccc5ccc2c3c54)cc1. The molecule has 0 unspecified atom stereocenters. The quantitative estimate of drug-likeness (QED) is 0.122. The highest BCUT2D eigenvalue weighted by Crippen LogP contribution is 2.51. The second-order valence-electron chi connectivity index (χ2n) is 15.6. The summed E-state index contributed by atoms with van der Waals surface area (Å²) in [5.41, 5.74) is 6.88. The fraction of sp³-hybridized carbons (Fsp3) is 0. The van der Waals surface area contributed by atoms with Gasteiger partial charge in [-0.1, -0.05) is 133 Å². The van der Waals surface area contributed by atoms with Crippen LogP contribution in [0, 0.1) is 0 Å². The van der Waals surface area contributed by atoms with Gasteiger partial charge in [-0.3, -0.25) is 0 Å². The molecule has 0 atom stereocenters. The second kappa shape index (κ2) is 13.1. The van der Waals surface area contributed by atoms with E-state index in [2.05, 4.69) is 216 Å². The van der Waals surface area contributed by atoms with Crippen LogP contribution in [0.5, 0.6) is 0 Å². The summed E-state index contributed by atoms with van der Waals surface area (Å²) in [6.45, 7) is 0.